The number of halogens is 2. The molecule has 0 amide bonds. The maximum absolute atomic E-state index is 13.5. The summed E-state index contributed by atoms with van der Waals surface area (Å²) >= 11 is 0. The lowest BCUT2D eigenvalue weighted by Gasteiger charge is -2.24. The van der Waals surface area contributed by atoms with Crippen LogP contribution in [-0.4, -0.2) is 8.42 Å². The molecule has 25 heavy (non-hydrogen) atoms. The molecular formula is C19H15F2NO2S. The van der Waals surface area contributed by atoms with Gasteiger partial charge in [0.1, 0.15) is 11.6 Å². The number of hydrogen-bond acceptors (Lipinski definition) is 2. The Labute approximate surface area is 145 Å². The molecule has 0 radical (unpaired) electrons. The van der Waals surface area contributed by atoms with Crippen LogP contribution in [0.3, 0.4) is 0 Å². The van der Waals surface area contributed by atoms with Gasteiger partial charge in [0.2, 0.25) is 0 Å². The van der Waals surface area contributed by atoms with Crippen molar-refractivity contribution in [3.63, 3.8) is 0 Å². The molecule has 3 rings (SSSR count). The maximum atomic E-state index is 13.5. The molecule has 0 aromatic heterocycles. The van der Waals surface area contributed by atoms with Crippen LogP contribution in [0.15, 0.2) is 83.8 Å². The van der Waals surface area contributed by atoms with Crippen molar-refractivity contribution < 1.29 is 17.2 Å². The molecule has 3 nitrogen and oxygen atoms in total. The Balaban J connectivity index is 2.07. The van der Waals surface area contributed by atoms with Crippen molar-refractivity contribution in [2.75, 3.05) is 4.31 Å². The summed E-state index contributed by atoms with van der Waals surface area (Å²) in [6, 6.07) is 18.8. The fourth-order valence-electron chi connectivity index (χ4n) is 2.44. The van der Waals surface area contributed by atoms with Gasteiger partial charge in [-0.1, -0.05) is 30.3 Å². The van der Waals surface area contributed by atoms with Gasteiger partial charge < -0.3 is 0 Å². The first-order valence-corrected chi connectivity index (χ1v) is 8.98. The maximum Gasteiger partial charge on any atom is 0.264 e. The third-order valence-electron chi connectivity index (χ3n) is 3.66. The van der Waals surface area contributed by atoms with Crippen LogP contribution in [0.5, 0.6) is 0 Å². The largest absolute Gasteiger partial charge is 0.264 e. The summed E-state index contributed by atoms with van der Waals surface area (Å²) in [5.74, 6) is -0.916. The second kappa shape index (κ2) is 7.03. The molecule has 0 saturated heterocycles. The molecular weight excluding hydrogens is 344 g/mol. The number of rotatable bonds is 5. The van der Waals surface area contributed by atoms with Crippen LogP contribution in [-0.2, 0) is 16.6 Å². The van der Waals surface area contributed by atoms with E-state index in [1.54, 1.807) is 24.3 Å². The summed E-state index contributed by atoms with van der Waals surface area (Å²) in [5.41, 5.74) is 0.790. The first kappa shape index (κ1) is 17.1. The Kier molecular flexibility index (Phi) is 4.81. The molecule has 0 heterocycles. The minimum atomic E-state index is -3.89. The zero-order valence-corrected chi connectivity index (χ0v) is 14.0. The fraction of sp³-hybridized carbons (Fsp3) is 0.0526. The van der Waals surface area contributed by atoms with Gasteiger partial charge in [-0.05, 0) is 54.1 Å². The van der Waals surface area contributed by atoms with E-state index in [1.807, 2.05) is 0 Å². The van der Waals surface area contributed by atoms with Crippen molar-refractivity contribution in [3.05, 3.63) is 96.1 Å². The second-order valence-electron chi connectivity index (χ2n) is 5.43. The molecule has 128 valence electrons. The first-order chi connectivity index (χ1) is 12.0. The number of hydrogen-bond donors (Lipinski definition) is 0. The van der Waals surface area contributed by atoms with Crippen molar-refractivity contribution >= 4 is 15.7 Å². The number of anilines is 1. The molecule has 0 spiro atoms. The van der Waals surface area contributed by atoms with E-state index in [-0.39, 0.29) is 11.4 Å². The fourth-order valence-corrected chi connectivity index (χ4v) is 3.92. The average molecular weight is 359 g/mol. The molecule has 0 aliphatic rings. The van der Waals surface area contributed by atoms with Crippen LogP contribution < -0.4 is 4.31 Å². The molecule has 6 heteroatoms. The van der Waals surface area contributed by atoms with Gasteiger partial charge in [0.15, 0.2) is 0 Å². The van der Waals surface area contributed by atoms with E-state index >= 15 is 0 Å². The molecule has 0 fully saturated rings. The zero-order valence-electron chi connectivity index (χ0n) is 13.1. The molecule has 0 aliphatic heterocycles. The van der Waals surface area contributed by atoms with E-state index in [0.717, 1.165) is 4.31 Å². The van der Waals surface area contributed by atoms with Gasteiger partial charge >= 0.3 is 0 Å². The smallest absolute Gasteiger partial charge is 0.262 e. The molecule has 0 bridgehead atoms. The number of nitrogens with zero attached hydrogens (tertiary/aromatic N) is 1. The third-order valence-corrected chi connectivity index (χ3v) is 5.45. The second-order valence-corrected chi connectivity index (χ2v) is 7.29. The summed E-state index contributed by atoms with van der Waals surface area (Å²) in [6.07, 6.45) is 0. The van der Waals surface area contributed by atoms with Crippen LogP contribution in [0.2, 0.25) is 0 Å². The Hall–Kier alpha value is -2.73. The van der Waals surface area contributed by atoms with E-state index in [1.165, 1.54) is 54.6 Å². The van der Waals surface area contributed by atoms with Crippen molar-refractivity contribution in [2.45, 2.75) is 11.4 Å². The first-order valence-electron chi connectivity index (χ1n) is 7.54. The van der Waals surface area contributed by atoms with E-state index in [0.29, 0.717) is 11.3 Å². The average Bonchev–Trinajstić information content (AvgIpc) is 2.61. The SMILES string of the molecule is O=S(=O)(c1ccccc1)N(Cc1cccc(F)c1)c1ccc(F)cc1. The number of benzene rings is 3. The summed E-state index contributed by atoms with van der Waals surface area (Å²) in [4.78, 5) is 0.107. The Morgan fingerprint density at radius 1 is 0.760 bits per heavy atom. The molecule has 3 aromatic rings. The quantitative estimate of drug-likeness (QED) is 0.679. The van der Waals surface area contributed by atoms with Gasteiger partial charge in [-0.25, -0.2) is 17.2 Å². The van der Waals surface area contributed by atoms with E-state index in [4.69, 9.17) is 0 Å². The lowest BCUT2D eigenvalue weighted by Crippen LogP contribution is -2.30. The summed E-state index contributed by atoms with van der Waals surface area (Å²) in [6.45, 7) is -0.0688. The van der Waals surface area contributed by atoms with Crippen LogP contribution >= 0.6 is 0 Å². The van der Waals surface area contributed by atoms with Crippen molar-refractivity contribution in [3.8, 4) is 0 Å². The molecule has 3 aromatic carbocycles. The highest BCUT2D eigenvalue weighted by molar-refractivity contribution is 7.92. The third kappa shape index (κ3) is 3.85. The van der Waals surface area contributed by atoms with Gasteiger partial charge in [-0.15, -0.1) is 0 Å². The monoisotopic (exact) mass is 359 g/mol. The number of sulfonamides is 1. The summed E-state index contributed by atoms with van der Waals surface area (Å²) in [5, 5.41) is 0. The van der Waals surface area contributed by atoms with Gasteiger partial charge in [0.05, 0.1) is 17.1 Å². The van der Waals surface area contributed by atoms with Gasteiger partial charge in [-0.3, -0.25) is 4.31 Å². The van der Waals surface area contributed by atoms with Crippen molar-refractivity contribution in [2.24, 2.45) is 0 Å². The van der Waals surface area contributed by atoms with E-state index in [9.17, 15) is 17.2 Å². The normalized spacial score (nSPS) is 11.3. The predicted octanol–water partition coefficient (Wildman–Crippen LogP) is 4.36. The van der Waals surface area contributed by atoms with Crippen LogP contribution in [0.25, 0.3) is 0 Å². The van der Waals surface area contributed by atoms with E-state index in [2.05, 4.69) is 0 Å². The highest BCUT2D eigenvalue weighted by Crippen LogP contribution is 2.26. The molecule has 0 saturated carbocycles. The summed E-state index contributed by atoms with van der Waals surface area (Å²) in [7, 11) is -3.89. The molecule has 0 unspecified atom stereocenters. The highest BCUT2D eigenvalue weighted by Gasteiger charge is 2.25. The van der Waals surface area contributed by atoms with E-state index < -0.39 is 21.7 Å². The molecule has 0 atom stereocenters. The van der Waals surface area contributed by atoms with Crippen molar-refractivity contribution in [1.29, 1.82) is 0 Å². The predicted molar refractivity (Wildman–Crippen MR) is 92.6 cm³/mol. The van der Waals surface area contributed by atoms with Crippen LogP contribution in [0.4, 0.5) is 14.5 Å². The van der Waals surface area contributed by atoms with Crippen LogP contribution in [0.1, 0.15) is 5.56 Å². The van der Waals surface area contributed by atoms with Crippen LogP contribution in [0, 0.1) is 11.6 Å². The van der Waals surface area contributed by atoms with Gasteiger partial charge in [0.25, 0.3) is 10.0 Å². The topological polar surface area (TPSA) is 37.4 Å². The Morgan fingerprint density at radius 3 is 2.08 bits per heavy atom. The zero-order chi connectivity index (χ0) is 17.9. The molecule has 0 aliphatic carbocycles. The summed E-state index contributed by atoms with van der Waals surface area (Å²) < 4.78 is 53.9. The standard InChI is InChI=1S/C19H15F2NO2S/c20-16-9-11-18(12-10-16)22(14-15-5-4-6-17(21)13-15)25(23,24)19-7-2-1-3-8-19/h1-13H,14H2. The highest BCUT2D eigenvalue weighted by atomic mass is 32.2. The Morgan fingerprint density at radius 2 is 1.44 bits per heavy atom. The lowest BCUT2D eigenvalue weighted by molar-refractivity contribution is 0.589. The van der Waals surface area contributed by atoms with Gasteiger partial charge in [0, 0.05) is 0 Å². The van der Waals surface area contributed by atoms with Gasteiger partial charge in [-0.2, -0.15) is 0 Å². The Bertz CT molecular complexity index is 958. The molecule has 0 N–H and O–H groups in total. The minimum absolute atomic E-state index is 0.0688. The minimum Gasteiger partial charge on any atom is -0.262 e. The lowest BCUT2D eigenvalue weighted by atomic mass is 10.2. The van der Waals surface area contributed by atoms with Crippen molar-refractivity contribution in [1.82, 2.24) is 0 Å².